The highest BCUT2D eigenvalue weighted by Gasteiger charge is 2.43. The first-order valence-corrected chi connectivity index (χ1v) is 7.82. The minimum absolute atomic E-state index is 0.0553. The van der Waals surface area contributed by atoms with Gasteiger partial charge in [-0.15, -0.1) is 6.58 Å². The van der Waals surface area contributed by atoms with Gasteiger partial charge >= 0.3 is 0 Å². The standard InChI is InChI=1S/C19H23NO2/c1-4-11-20-16(12-14-9-7-6-8-10-14)15(5-2)13-17(20)18-19(21-3)22-18/h4,6-10,13,18-19H,1,5,11-12H2,2-3H3. The van der Waals surface area contributed by atoms with Crippen LogP contribution in [0.5, 0.6) is 0 Å². The zero-order valence-corrected chi connectivity index (χ0v) is 13.3. The van der Waals surface area contributed by atoms with Crippen LogP contribution in [0.1, 0.15) is 35.5 Å². The first-order chi connectivity index (χ1) is 10.8. The van der Waals surface area contributed by atoms with Gasteiger partial charge in [-0.05, 0) is 23.6 Å². The second-order valence-electron chi connectivity index (χ2n) is 5.62. The molecule has 3 nitrogen and oxygen atoms in total. The molecule has 2 unspecified atom stereocenters. The lowest BCUT2D eigenvalue weighted by Crippen LogP contribution is -2.08. The van der Waals surface area contributed by atoms with Crippen molar-refractivity contribution in [2.24, 2.45) is 0 Å². The monoisotopic (exact) mass is 297 g/mol. The Kier molecular flexibility index (Phi) is 4.46. The Bertz CT molecular complexity index is 645. The van der Waals surface area contributed by atoms with Crippen molar-refractivity contribution in [1.29, 1.82) is 0 Å². The van der Waals surface area contributed by atoms with E-state index in [0.717, 1.165) is 19.4 Å². The molecule has 1 saturated heterocycles. The summed E-state index contributed by atoms with van der Waals surface area (Å²) < 4.78 is 13.3. The van der Waals surface area contributed by atoms with Gasteiger partial charge in [0.05, 0.1) is 5.69 Å². The summed E-state index contributed by atoms with van der Waals surface area (Å²) in [7, 11) is 1.69. The first-order valence-electron chi connectivity index (χ1n) is 7.82. The van der Waals surface area contributed by atoms with Crippen LogP contribution in [0.4, 0.5) is 0 Å². The van der Waals surface area contributed by atoms with Gasteiger partial charge < -0.3 is 14.0 Å². The number of nitrogens with zero attached hydrogens (tertiary/aromatic N) is 1. The number of epoxide rings is 1. The average molecular weight is 297 g/mol. The fraction of sp³-hybridized carbons (Fsp3) is 0.368. The molecule has 1 aliphatic heterocycles. The third-order valence-electron chi connectivity index (χ3n) is 4.21. The molecule has 3 heteroatoms. The zero-order valence-electron chi connectivity index (χ0n) is 13.3. The Morgan fingerprint density at radius 1 is 1.32 bits per heavy atom. The molecule has 0 spiro atoms. The number of allylic oxidation sites excluding steroid dienone is 1. The highest BCUT2D eigenvalue weighted by Crippen LogP contribution is 2.41. The number of rotatable bonds is 7. The van der Waals surface area contributed by atoms with E-state index < -0.39 is 0 Å². The van der Waals surface area contributed by atoms with Gasteiger partial charge in [0.2, 0.25) is 0 Å². The van der Waals surface area contributed by atoms with Crippen molar-refractivity contribution in [2.45, 2.75) is 38.7 Å². The fourth-order valence-electron chi connectivity index (χ4n) is 3.04. The highest BCUT2D eigenvalue weighted by atomic mass is 16.8. The summed E-state index contributed by atoms with van der Waals surface area (Å²) in [4.78, 5) is 0. The van der Waals surface area contributed by atoms with Crippen LogP contribution in [0, 0.1) is 0 Å². The summed E-state index contributed by atoms with van der Waals surface area (Å²) in [5.74, 6) is 0. The van der Waals surface area contributed by atoms with Crippen LogP contribution in [0.2, 0.25) is 0 Å². The highest BCUT2D eigenvalue weighted by molar-refractivity contribution is 5.35. The maximum atomic E-state index is 5.62. The third-order valence-corrected chi connectivity index (χ3v) is 4.21. The van der Waals surface area contributed by atoms with Gasteiger partial charge in [0.15, 0.2) is 12.4 Å². The van der Waals surface area contributed by atoms with E-state index in [2.05, 4.69) is 54.5 Å². The largest absolute Gasteiger partial charge is 0.353 e. The molecule has 2 aromatic rings. The molecular formula is C19H23NO2. The molecule has 0 saturated carbocycles. The number of methoxy groups -OCH3 is 1. The summed E-state index contributed by atoms with van der Waals surface area (Å²) >= 11 is 0. The van der Waals surface area contributed by atoms with Crippen molar-refractivity contribution in [1.82, 2.24) is 4.57 Å². The summed E-state index contributed by atoms with van der Waals surface area (Å²) in [6.07, 6.45) is 3.85. The van der Waals surface area contributed by atoms with E-state index in [4.69, 9.17) is 9.47 Å². The summed E-state index contributed by atoms with van der Waals surface area (Å²) in [6, 6.07) is 12.9. The maximum Gasteiger partial charge on any atom is 0.190 e. The Hall–Kier alpha value is -1.84. The second kappa shape index (κ2) is 6.51. The number of hydrogen-bond donors (Lipinski definition) is 0. The van der Waals surface area contributed by atoms with E-state index in [1.807, 2.05) is 6.08 Å². The summed E-state index contributed by atoms with van der Waals surface area (Å²) in [5, 5.41) is 0. The predicted molar refractivity (Wildman–Crippen MR) is 87.9 cm³/mol. The van der Waals surface area contributed by atoms with E-state index in [1.165, 1.54) is 22.5 Å². The second-order valence-corrected chi connectivity index (χ2v) is 5.62. The maximum absolute atomic E-state index is 5.62. The van der Waals surface area contributed by atoms with Gasteiger partial charge in [-0.3, -0.25) is 0 Å². The molecule has 0 N–H and O–H groups in total. The van der Waals surface area contributed by atoms with E-state index in [-0.39, 0.29) is 12.4 Å². The minimum atomic E-state index is -0.104. The van der Waals surface area contributed by atoms with Crippen molar-refractivity contribution in [2.75, 3.05) is 7.11 Å². The van der Waals surface area contributed by atoms with E-state index in [1.54, 1.807) is 7.11 Å². The molecule has 116 valence electrons. The number of aromatic nitrogens is 1. The van der Waals surface area contributed by atoms with Crippen LogP contribution in [0.25, 0.3) is 0 Å². The lowest BCUT2D eigenvalue weighted by atomic mass is 10.1. The fourth-order valence-corrected chi connectivity index (χ4v) is 3.04. The Morgan fingerprint density at radius 2 is 2.09 bits per heavy atom. The molecule has 1 aromatic carbocycles. The smallest absolute Gasteiger partial charge is 0.190 e. The molecular weight excluding hydrogens is 274 g/mol. The van der Waals surface area contributed by atoms with Crippen LogP contribution in [0.3, 0.4) is 0 Å². The van der Waals surface area contributed by atoms with Crippen LogP contribution < -0.4 is 0 Å². The topological polar surface area (TPSA) is 26.7 Å². The molecule has 1 aliphatic rings. The van der Waals surface area contributed by atoms with E-state index >= 15 is 0 Å². The number of ether oxygens (including phenoxy) is 2. The van der Waals surface area contributed by atoms with Crippen molar-refractivity contribution in [3.8, 4) is 0 Å². The van der Waals surface area contributed by atoms with E-state index in [0.29, 0.717) is 0 Å². The Morgan fingerprint density at radius 3 is 2.68 bits per heavy atom. The average Bonchev–Trinajstić information content (AvgIpc) is 3.26. The van der Waals surface area contributed by atoms with Crippen LogP contribution in [-0.2, 0) is 28.9 Å². The number of aryl methyl sites for hydroxylation is 1. The Labute approximate surface area is 132 Å². The lowest BCUT2D eigenvalue weighted by molar-refractivity contribution is 0.0950. The van der Waals surface area contributed by atoms with Gasteiger partial charge in [-0.1, -0.05) is 43.3 Å². The first kappa shape index (κ1) is 15.1. The predicted octanol–water partition coefficient (Wildman–Crippen LogP) is 3.87. The van der Waals surface area contributed by atoms with Crippen LogP contribution >= 0.6 is 0 Å². The molecule has 2 atom stereocenters. The van der Waals surface area contributed by atoms with Gasteiger partial charge in [-0.2, -0.15) is 0 Å². The number of benzene rings is 1. The van der Waals surface area contributed by atoms with Crippen molar-refractivity contribution >= 4 is 0 Å². The van der Waals surface area contributed by atoms with Crippen LogP contribution in [-0.4, -0.2) is 18.0 Å². The molecule has 0 bridgehead atoms. The zero-order chi connectivity index (χ0) is 15.5. The van der Waals surface area contributed by atoms with Gasteiger partial charge in [0, 0.05) is 25.8 Å². The van der Waals surface area contributed by atoms with E-state index in [9.17, 15) is 0 Å². The van der Waals surface area contributed by atoms with Gasteiger partial charge in [0.25, 0.3) is 0 Å². The minimum Gasteiger partial charge on any atom is -0.353 e. The normalized spacial score (nSPS) is 20.1. The molecule has 22 heavy (non-hydrogen) atoms. The molecule has 1 aromatic heterocycles. The molecule has 0 aliphatic carbocycles. The molecule has 3 rings (SSSR count). The molecule has 0 radical (unpaired) electrons. The molecule has 1 fully saturated rings. The molecule has 2 heterocycles. The van der Waals surface area contributed by atoms with Crippen molar-refractivity contribution < 1.29 is 9.47 Å². The lowest BCUT2D eigenvalue weighted by Gasteiger charge is -2.12. The number of hydrogen-bond acceptors (Lipinski definition) is 2. The van der Waals surface area contributed by atoms with Gasteiger partial charge in [-0.25, -0.2) is 0 Å². The third kappa shape index (κ3) is 2.87. The van der Waals surface area contributed by atoms with Crippen molar-refractivity contribution in [3.05, 3.63) is 71.6 Å². The quantitative estimate of drug-likeness (QED) is 0.573. The van der Waals surface area contributed by atoms with Crippen molar-refractivity contribution in [3.63, 3.8) is 0 Å². The van der Waals surface area contributed by atoms with Gasteiger partial charge in [0.1, 0.15) is 0 Å². The Balaban J connectivity index is 1.97. The molecule has 0 amide bonds. The summed E-state index contributed by atoms with van der Waals surface area (Å²) in [6.45, 7) is 6.91. The SMILES string of the molecule is C=CCn1c(C2OC2OC)cc(CC)c1Cc1ccccc1. The summed E-state index contributed by atoms with van der Waals surface area (Å²) in [5.41, 5.74) is 5.27. The van der Waals surface area contributed by atoms with Crippen LogP contribution in [0.15, 0.2) is 49.1 Å².